The second kappa shape index (κ2) is 10.4. The van der Waals surface area contributed by atoms with Gasteiger partial charge in [-0.2, -0.15) is 0 Å². The van der Waals surface area contributed by atoms with Gasteiger partial charge in [0.2, 0.25) is 5.91 Å². The lowest BCUT2D eigenvalue weighted by Crippen LogP contribution is -2.46. The van der Waals surface area contributed by atoms with Crippen molar-refractivity contribution in [2.24, 2.45) is 5.73 Å². The number of amides is 4. The first-order chi connectivity index (χ1) is 12.6. The highest BCUT2D eigenvalue weighted by molar-refractivity contribution is 5.96. The number of rotatable bonds is 8. The van der Waals surface area contributed by atoms with E-state index in [1.807, 2.05) is 0 Å². The number of hydrogen-bond donors (Lipinski definition) is 5. The van der Waals surface area contributed by atoms with Crippen LogP contribution in [0.1, 0.15) is 39.2 Å². The molecule has 0 heterocycles. The van der Waals surface area contributed by atoms with E-state index in [1.165, 1.54) is 0 Å². The summed E-state index contributed by atoms with van der Waals surface area (Å²) in [7, 11) is 0. The molecule has 0 fully saturated rings. The van der Waals surface area contributed by atoms with Gasteiger partial charge in [0, 0.05) is 12.2 Å². The van der Waals surface area contributed by atoms with Crippen molar-refractivity contribution in [2.75, 3.05) is 11.9 Å². The van der Waals surface area contributed by atoms with Crippen LogP contribution in [0.15, 0.2) is 24.3 Å². The Bertz CT molecular complexity index is 640. The quantitative estimate of drug-likeness (QED) is 0.434. The summed E-state index contributed by atoms with van der Waals surface area (Å²) in [5, 5.41) is 16.8. The molecule has 4 amide bonds. The van der Waals surface area contributed by atoms with E-state index in [0.29, 0.717) is 17.7 Å². The van der Waals surface area contributed by atoms with E-state index < -0.39 is 29.7 Å². The fourth-order valence-electron chi connectivity index (χ4n) is 2.16. The SMILES string of the molecule is CC(C)(C)OC(=O)NC(CCCNC(N)=O)C(=O)Nc1ccc(CO)cc1. The number of primary amides is 1. The highest BCUT2D eigenvalue weighted by Crippen LogP contribution is 2.12. The average molecular weight is 380 g/mol. The third-order valence-corrected chi connectivity index (χ3v) is 3.38. The molecule has 0 aliphatic carbocycles. The number of anilines is 1. The van der Waals surface area contributed by atoms with Crippen LogP contribution < -0.4 is 21.7 Å². The van der Waals surface area contributed by atoms with E-state index >= 15 is 0 Å². The van der Waals surface area contributed by atoms with Gasteiger partial charge in [-0.05, 0) is 51.3 Å². The lowest BCUT2D eigenvalue weighted by Gasteiger charge is -2.23. The van der Waals surface area contributed by atoms with Crippen LogP contribution in [0, 0.1) is 0 Å². The summed E-state index contributed by atoms with van der Waals surface area (Å²) in [5.74, 6) is -0.420. The van der Waals surface area contributed by atoms with E-state index in [9.17, 15) is 14.4 Å². The van der Waals surface area contributed by atoms with Crippen molar-refractivity contribution in [1.82, 2.24) is 10.6 Å². The van der Waals surface area contributed by atoms with Crippen LogP contribution >= 0.6 is 0 Å². The zero-order valence-corrected chi connectivity index (χ0v) is 15.9. The number of aliphatic hydroxyl groups excluding tert-OH is 1. The Morgan fingerprint density at radius 2 is 1.81 bits per heavy atom. The molecule has 9 heteroatoms. The summed E-state index contributed by atoms with van der Waals surface area (Å²) in [6, 6.07) is 5.17. The van der Waals surface area contributed by atoms with Crippen molar-refractivity contribution in [3.8, 4) is 0 Å². The monoisotopic (exact) mass is 380 g/mol. The lowest BCUT2D eigenvalue weighted by atomic mass is 10.1. The predicted octanol–water partition coefficient (Wildman–Crippen LogP) is 1.46. The molecule has 0 radical (unpaired) electrons. The molecule has 1 unspecified atom stereocenters. The fraction of sp³-hybridized carbons (Fsp3) is 0.500. The van der Waals surface area contributed by atoms with Gasteiger partial charge < -0.3 is 31.5 Å². The molecule has 150 valence electrons. The van der Waals surface area contributed by atoms with Crippen LogP contribution in [0.2, 0.25) is 0 Å². The molecule has 1 rings (SSSR count). The zero-order valence-electron chi connectivity index (χ0n) is 15.9. The number of nitrogens with two attached hydrogens (primary N) is 1. The molecule has 0 spiro atoms. The number of carbonyl (C=O) groups excluding carboxylic acids is 3. The Kier molecular flexibility index (Phi) is 8.53. The Balaban J connectivity index is 2.72. The highest BCUT2D eigenvalue weighted by atomic mass is 16.6. The topological polar surface area (TPSA) is 143 Å². The normalized spacial score (nSPS) is 12.0. The predicted molar refractivity (Wildman–Crippen MR) is 101 cm³/mol. The van der Waals surface area contributed by atoms with Crippen LogP contribution in [0.25, 0.3) is 0 Å². The Hall–Kier alpha value is -2.81. The molecule has 0 saturated carbocycles. The molecule has 1 aromatic carbocycles. The van der Waals surface area contributed by atoms with Crippen LogP contribution in [0.4, 0.5) is 15.3 Å². The molecule has 0 aromatic heterocycles. The van der Waals surface area contributed by atoms with Crippen molar-refractivity contribution in [3.05, 3.63) is 29.8 Å². The summed E-state index contributed by atoms with van der Waals surface area (Å²) in [6.07, 6.45) is 0.00141. The first-order valence-electron chi connectivity index (χ1n) is 8.64. The average Bonchev–Trinajstić information content (AvgIpc) is 2.56. The molecule has 0 aliphatic heterocycles. The Morgan fingerprint density at radius 1 is 1.19 bits per heavy atom. The van der Waals surface area contributed by atoms with Gasteiger partial charge >= 0.3 is 12.1 Å². The minimum atomic E-state index is -0.855. The number of hydrogen-bond acceptors (Lipinski definition) is 5. The number of nitrogens with one attached hydrogen (secondary N) is 3. The van der Waals surface area contributed by atoms with Gasteiger partial charge in [0.05, 0.1) is 6.61 Å². The van der Waals surface area contributed by atoms with Crippen molar-refractivity contribution < 1.29 is 24.2 Å². The van der Waals surface area contributed by atoms with Crippen LogP contribution in [-0.2, 0) is 16.1 Å². The second-order valence-corrected chi connectivity index (χ2v) is 6.98. The van der Waals surface area contributed by atoms with Crippen molar-refractivity contribution in [3.63, 3.8) is 0 Å². The maximum absolute atomic E-state index is 12.6. The number of aliphatic hydroxyl groups is 1. The van der Waals surface area contributed by atoms with Gasteiger partial charge in [-0.1, -0.05) is 12.1 Å². The van der Waals surface area contributed by atoms with Crippen molar-refractivity contribution in [2.45, 2.75) is 51.9 Å². The molecule has 0 bridgehead atoms. The second-order valence-electron chi connectivity index (χ2n) is 6.98. The molecule has 27 heavy (non-hydrogen) atoms. The van der Waals surface area contributed by atoms with Crippen molar-refractivity contribution in [1.29, 1.82) is 0 Å². The van der Waals surface area contributed by atoms with Crippen LogP contribution in [0.5, 0.6) is 0 Å². The summed E-state index contributed by atoms with van der Waals surface area (Å²) in [6.45, 7) is 5.35. The minimum Gasteiger partial charge on any atom is -0.444 e. The Morgan fingerprint density at radius 3 is 2.33 bits per heavy atom. The molecular weight excluding hydrogens is 352 g/mol. The smallest absolute Gasteiger partial charge is 0.408 e. The maximum atomic E-state index is 12.6. The summed E-state index contributed by atoms with van der Waals surface area (Å²) in [5.41, 5.74) is 5.56. The van der Waals surface area contributed by atoms with Gasteiger partial charge in [-0.3, -0.25) is 4.79 Å². The number of urea groups is 1. The van der Waals surface area contributed by atoms with E-state index in [2.05, 4.69) is 16.0 Å². The summed E-state index contributed by atoms with van der Waals surface area (Å²) in [4.78, 5) is 35.3. The first-order valence-corrected chi connectivity index (χ1v) is 8.64. The Labute approximate surface area is 158 Å². The fourth-order valence-corrected chi connectivity index (χ4v) is 2.16. The molecule has 9 nitrogen and oxygen atoms in total. The van der Waals surface area contributed by atoms with E-state index in [1.54, 1.807) is 45.0 Å². The van der Waals surface area contributed by atoms with Gasteiger partial charge in [-0.25, -0.2) is 9.59 Å². The van der Waals surface area contributed by atoms with Gasteiger partial charge in [0.25, 0.3) is 0 Å². The molecule has 1 aromatic rings. The molecule has 0 saturated heterocycles. The zero-order chi connectivity index (χ0) is 20.4. The standard InChI is InChI=1S/C18H28N4O5/c1-18(2,3)27-17(26)22-14(5-4-10-20-16(19)25)15(24)21-13-8-6-12(11-23)7-9-13/h6-9,14,23H,4-5,10-11H2,1-3H3,(H,21,24)(H,22,26)(H3,19,20,25). The maximum Gasteiger partial charge on any atom is 0.408 e. The van der Waals surface area contributed by atoms with Gasteiger partial charge in [0.1, 0.15) is 11.6 Å². The number of alkyl carbamates (subject to hydrolysis) is 1. The molecule has 1 atom stereocenters. The van der Waals surface area contributed by atoms with E-state index in [0.717, 1.165) is 0 Å². The summed E-state index contributed by atoms with van der Waals surface area (Å²) >= 11 is 0. The van der Waals surface area contributed by atoms with E-state index in [-0.39, 0.29) is 19.6 Å². The van der Waals surface area contributed by atoms with Crippen LogP contribution in [-0.4, -0.2) is 41.3 Å². The van der Waals surface area contributed by atoms with Gasteiger partial charge in [0.15, 0.2) is 0 Å². The highest BCUT2D eigenvalue weighted by Gasteiger charge is 2.24. The molecular formula is C18H28N4O5. The number of carbonyl (C=O) groups is 3. The van der Waals surface area contributed by atoms with Crippen LogP contribution in [0.3, 0.4) is 0 Å². The minimum absolute atomic E-state index is 0.0933. The summed E-state index contributed by atoms with van der Waals surface area (Å²) < 4.78 is 5.20. The first kappa shape index (κ1) is 22.2. The third kappa shape index (κ3) is 9.45. The van der Waals surface area contributed by atoms with E-state index in [4.69, 9.17) is 15.6 Å². The lowest BCUT2D eigenvalue weighted by molar-refractivity contribution is -0.118. The largest absolute Gasteiger partial charge is 0.444 e. The molecule has 6 N–H and O–H groups in total. The number of benzene rings is 1. The van der Waals surface area contributed by atoms with Crippen molar-refractivity contribution >= 4 is 23.7 Å². The molecule has 0 aliphatic rings. The third-order valence-electron chi connectivity index (χ3n) is 3.38. The number of ether oxygens (including phenoxy) is 1. The van der Waals surface area contributed by atoms with Gasteiger partial charge in [-0.15, -0.1) is 0 Å².